The molecule has 1 aliphatic heterocycles. The van der Waals surface area contributed by atoms with Gasteiger partial charge in [0.05, 0.1) is 19.5 Å². The van der Waals surface area contributed by atoms with Gasteiger partial charge in [0, 0.05) is 5.41 Å². The van der Waals surface area contributed by atoms with Gasteiger partial charge in [0.25, 0.3) is 0 Å². The van der Waals surface area contributed by atoms with Gasteiger partial charge in [0.1, 0.15) is 0 Å². The van der Waals surface area contributed by atoms with Crippen LogP contribution in [0.1, 0.15) is 26.7 Å². The van der Waals surface area contributed by atoms with E-state index in [1.807, 2.05) is 0 Å². The van der Waals surface area contributed by atoms with E-state index in [1.165, 1.54) is 6.26 Å². The summed E-state index contributed by atoms with van der Waals surface area (Å²) in [5.41, 5.74) is 0.198. The van der Waals surface area contributed by atoms with Gasteiger partial charge in [-0.1, -0.05) is 20.4 Å². The van der Waals surface area contributed by atoms with Crippen molar-refractivity contribution in [2.45, 2.75) is 26.7 Å². The summed E-state index contributed by atoms with van der Waals surface area (Å²) in [5.74, 6) is 0. The normalized spacial score (nSPS) is 22.6. The van der Waals surface area contributed by atoms with Gasteiger partial charge in [-0.05, 0) is 12.8 Å². The highest BCUT2D eigenvalue weighted by Crippen LogP contribution is 2.48. The summed E-state index contributed by atoms with van der Waals surface area (Å²) in [5, 5.41) is 0. The van der Waals surface area contributed by atoms with E-state index in [0.717, 1.165) is 26.1 Å². The molecule has 3 nitrogen and oxygen atoms in total. The van der Waals surface area contributed by atoms with Crippen molar-refractivity contribution in [3.8, 4) is 0 Å². The lowest BCUT2D eigenvalue weighted by Crippen LogP contribution is -2.33. The molecule has 4 heteroatoms. The molecule has 1 saturated heterocycles. The maximum atomic E-state index is 5.47. The summed E-state index contributed by atoms with van der Waals surface area (Å²) in [6, 6.07) is 0. The van der Waals surface area contributed by atoms with Crippen LogP contribution in [0.3, 0.4) is 0 Å². The van der Waals surface area contributed by atoms with Crippen LogP contribution in [-0.4, -0.2) is 13.2 Å². The minimum absolute atomic E-state index is 0.198. The van der Waals surface area contributed by atoms with Crippen molar-refractivity contribution in [1.29, 1.82) is 0 Å². The molecular formula is C9H17O3P. The molecule has 1 heterocycles. The molecule has 0 aromatic heterocycles. The molecule has 0 atom stereocenters. The quantitative estimate of drug-likeness (QED) is 0.519. The summed E-state index contributed by atoms with van der Waals surface area (Å²) < 4.78 is 16.0. The lowest BCUT2D eigenvalue weighted by atomic mass is 9.84. The Labute approximate surface area is 81.1 Å². The van der Waals surface area contributed by atoms with Crippen LogP contribution in [0, 0.1) is 5.41 Å². The topological polar surface area (TPSA) is 27.7 Å². The molecule has 0 amide bonds. The zero-order valence-electron chi connectivity index (χ0n) is 8.28. The van der Waals surface area contributed by atoms with Crippen molar-refractivity contribution >= 4 is 8.60 Å². The van der Waals surface area contributed by atoms with Crippen molar-refractivity contribution in [2.75, 3.05) is 13.2 Å². The molecule has 0 aromatic carbocycles. The van der Waals surface area contributed by atoms with E-state index in [4.69, 9.17) is 13.6 Å². The van der Waals surface area contributed by atoms with E-state index < -0.39 is 8.60 Å². The van der Waals surface area contributed by atoms with Crippen LogP contribution in [0.25, 0.3) is 0 Å². The lowest BCUT2D eigenvalue weighted by Gasteiger charge is -2.36. The van der Waals surface area contributed by atoms with Crippen LogP contribution >= 0.6 is 8.60 Å². The molecule has 1 rings (SSSR count). The third-order valence-electron chi connectivity index (χ3n) is 2.61. The number of hydrogen-bond donors (Lipinski definition) is 0. The van der Waals surface area contributed by atoms with E-state index in [-0.39, 0.29) is 5.41 Å². The first-order valence-corrected chi connectivity index (χ1v) is 5.69. The van der Waals surface area contributed by atoms with Gasteiger partial charge in [-0.25, -0.2) is 0 Å². The van der Waals surface area contributed by atoms with E-state index in [1.54, 1.807) is 0 Å². The minimum Gasteiger partial charge on any atom is -0.435 e. The molecule has 0 aromatic rings. The first-order chi connectivity index (χ1) is 6.26. The third-order valence-corrected chi connectivity index (χ3v) is 3.61. The second-order valence-corrected chi connectivity index (χ2v) is 4.42. The fourth-order valence-corrected chi connectivity index (χ4v) is 2.31. The Morgan fingerprint density at radius 3 is 2.31 bits per heavy atom. The van der Waals surface area contributed by atoms with E-state index >= 15 is 0 Å². The van der Waals surface area contributed by atoms with Crippen LogP contribution in [0.5, 0.6) is 0 Å². The maximum Gasteiger partial charge on any atom is 0.396 e. The molecule has 0 spiro atoms. The highest BCUT2D eigenvalue weighted by atomic mass is 31.2. The first kappa shape index (κ1) is 11.0. The third kappa shape index (κ3) is 2.67. The Morgan fingerprint density at radius 1 is 1.38 bits per heavy atom. The van der Waals surface area contributed by atoms with Crippen molar-refractivity contribution in [3.63, 3.8) is 0 Å². The smallest absolute Gasteiger partial charge is 0.396 e. The Morgan fingerprint density at radius 2 is 1.92 bits per heavy atom. The maximum absolute atomic E-state index is 5.47. The average molecular weight is 204 g/mol. The fraction of sp³-hybridized carbons (Fsp3) is 0.778. The minimum atomic E-state index is -1.16. The van der Waals surface area contributed by atoms with Gasteiger partial charge in [-0.15, -0.1) is 0 Å². The summed E-state index contributed by atoms with van der Waals surface area (Å²) in [6.07, 6.45) is 3.54. The molecule has 13 heavy (non-hydrogen) atoms. The van der Waals surface area contributed by atoms with E-state index in [9.17, 15) is 0 Å². The number of rotatable bonds is 4. The molecule has 1 aliphatic rings. The SMILES string of the molecule is C=COP1OCC(CC)(CC)CO1. The zero-order chi connectivity index (χ0) is 9.73. The highest BCUT2D eigenvalue weighted by molar-refractivity contribution is 7.41. The largest absolute Gasteiger partial charge is 0.435 e. The molecular weight excluding hydrogens is 187 g/mol. The van der Waals surface area contributed by atoms with Gasteiger partial charge in [-0.2, -0.15) is 0 Å². The highest BCUT2D eigenvalue weighted by Gasteiger charge is 2.35. The Hall–Kier alpha value is -0.110. The van der Waals surface area contributed by atoms with Crippen LogP contribution < -0.4 is 0 Å². The van der Waals surface area contributed by atoms with Crippen LogP contribution in [-0.2, 0) is 13.6 Å². The Kier molecular flexibility index (Phi) is 4.17. The number of hydrogen-bond acceptors (Lipinski definition) is 3. The summed E-state index contributed by atoms with van der Waals surface area (Å²) >= 11 is 0. The molecule has 0 N–H and O–H groups in total. The van der Waals surface area contributed by atoms with Gasteiger partial charge in [-0.3, -0.25) is 0 Å². The lowest BCUT2D eigenvalue weighted by molar-refractivity contribution is 0.00896. The second kappa shape index (κ2) is 4.94. The van der Waals surface area contributed by atoms with Crippen LogP contribution in [0.15, 0.2) is 12.8 Å². The second-order valence-electron chi connectivity index (χ2n) is 3.25. The van der Waals surface area contributed by atoms with Gasteiger partial charge >= 0.3 is 8.60 Å². The molecule has 0 unspecified atom stereocenters. The van der Waals surface area contributed by atoms with Crippen molar-refractivity contribution in [2.24, 2.45) is 5.41 Å². The Balaban J connectivity index is 2.40. The van der Waals surface area contributed by atoms with Crippen molar-refractivity contribution in [3.05, 3.63) is 12.8 Å². The average Bonchev–Trinajstić information content (AvgIpc) is 2.20. The summed E-state index contributed by atoms with van der Waals surface area (Å²) in [7, 11) is -1.16. The van der Waals surface area contributed by atoms with Gasteiger partial charge < -0.3 is 13.6 Å². The molecule has 0 bridgehead atoms. The first-order valence-electron chi connectivity index (χ1n) is 4.60. The molecule has 1 fully saturated rings. The zero-order valence-corrected chi connectivity index (χ0v) is 9.18. The molecule has 76 valence electrons. The van der Waals surface area contributed by atoms with Crippen molar-refractivity contribution in [1.82, 2.24) is 0 Å². The van der Waals surface area contributed by atoms with E-state index in [2.05, 4.69) is 20.4 Å². The standard InChI is InChI=1S/C9H17O3P/c1-4-9(5-2)7-11-13(10-6-3)12-8-9/h6H,3-5,7-8H2,1-2H3. The Bertz CT molecular complexity index is 158. The molecule has 0 saturated carbocycles. The monoisotopic (exact) mass is 204 g/mol. The van der Waals surface area contributed by atoms with E-state index in [0.29, 0.717) is 0 Å². The predicted octanol–water partition coefficient (Wildman–Crippen LogP) is 3.23. The molecule has 0 radical (unpaired) electrons. The van der Waals surface area contributed by atoms with Crippen LogP contribution in [0.2, 0.25) is 0 Å². The van der Waals surface area contributed by atoms with Crippen LogP contribution in [0.4, 0.5) is 0 Å². The summed E-state index contributed by atoms with van der Waals surface area (Å²) in [6.45, 7) is 9.27. The van der Waals surface area contributed by atoms with Crippen molar-refractivity contribution < 1.29 is 13.6 Å². The fourth-order valence-electron chi connectivity index (χ4n) is 1.24. The summed E-state index contributed by atoms with van der Waals surface area (Å²) in [4.78, 5) is 0. The molecule has 0 aliphatic carbocycles. The predicted molar refractivity (Wildman–Crippen MR) is 53.1 cm³/mol. The van der Waals surface area contributed by atoms with Gasteiger partial charge in [0.15, 0.2) is 0 Å². The van der Waals surface area contributed by atoms with Gasteiger partial charge in [0.2, 0.25) is 0 Å².